The van der Waals surface area contributed by atoms with E-state index < -0.39 is 7.80 Å². The average molecular weight is 307 g/mol. The van der Waals surface area contributed by atoms with Crippen molar-refractivity contribution in [3.8, 4) is 11.8 Å². The summed E-state index contributed by atoms with van der Waals surface area (Å²) in [5.41, 5.74) is 0.830. The van der Waals surface area contributed by atoms with Crippen LogP contribution in [0.1, 0.15) is 10.4 Å². The summed E-state index contributed by atoms with van der Waals surface area (Å²) >= 11 is 1.61. The minimum absolute atomic E-state index is 0.794. The second kappa shape index (κ2) is 6.50. The van der Waals surface area contributed by atoms with Gasteiger partial charge in [0.15, 0.2) is 5.30 Å². The number of benzene rings is 2. The van der Waals surface area contributed by atoms with Gasteiger partial charge in [-0.15, -0.1) is 11.3 Å². The Kier molecular flexibility index (Phi) is 4.26. The number of hydrogen-bond donors (Lipinski definition) is 0. The highest BCUT2D eigenvalue weighted by atomic mass is 32.1. The lowest BCUT2D eigenvalue weighted by Gasteiger charge is -1.93. The lowest BCUT2D eigenvalue weighted by Crippen LogP contribution is -2.09. The second-order valence-electron chi connectivity index (χ2n) is 4.37. The van der Waals surface area contributed by atoms with Gasteiger partial charge in [0.25, 0.3) is 0 Å². The minimum Gasteiger partial charge on any atom is -0.135 e. The van der Waals surface area contributed by atoms with Crippen molar-refractivity contribution < 1.29 is 4.57 Å². The van der Waals surface area contributed by atoms with Gasteiger partial charge < -0.3 is 0 Å². The van der Waals surface area contributed by atoms with Gasteiger partial charge in [0.05, 0.1) is 10.4 Å². The van der Waals surface area contributed by atoms with Crippen molar-refractivity contribution in [2.24, 2.45) is 0 Å². The van der Waals surface area contributed by atoms with Crippen LogP contribution in [-0.2, 0) is 4.57 Å². The van der Waals surface area contributed by atoms with Crippen LogP contribution in [0.3, 0.4) is 0 Å². The number of rotatable bonds is 2. The first-order chi connectivity index (χ1) is 10.3. The molecule has 2 aromatic carbocycles. The molecule has 3 aromatic rings. The molecule has 0 radical (unpaired) electrons. The Morgan fingerprint density at radius 1 is 0.810 bits per heavy atom. The summed E-state index contributed by atoms with van der Waals surface area (Å²) in [5, 5.41) is 3.63. The van der Waals surface area contributed by atoms with Gasteiger partial charge in [0, 0.05) is 0 Å². The van der Waals surface area contributed by atoms with Crippen LogP contribution in [0.5, 0.6) is 0 Å². The summed E-state index contributed by atoms with van der Waals surface area (Å²) in [5.74, 6) is 6.27. The standard InChI is InChI=1S/C18H12OPS/c19-20(16-8-2-1-3-9-16)18-11-5-4-7-15(18)12-13-17-10-6-14-21-17/h1-11,14H/q+1. The Balaban J connectivity index is 1.99. The summed E-state index contributed by atoms with van der Waals surface area (Å²) in [6.45, 7) is 0. The van der Waals surface area contributed by atoms with Crippen molar-refractivity contribution in [3.05, 3.63) is 82.6 Å². The lowest BCUT2D eigenvalue weighted by molar-refractivity contribution is 0.598. The molecule has 0 N–H and O–H groups in total. The Hall–Kier alpha value is -2.20. The molecular weight excluding hydrogens is 295 g/mol. The first-order valence-corrected chi connectivity index (χ1v) is 8.65. The molecule has 0 saturated carbocycles. The van der Waals surface area contributed by atoms with Crippen LogP contribution in [0, 0.1) is 11.8 Å². The van der Waals surface area contributed by atoms with Crippen LogP contribution in [0.15, 0.2) is 72.1 Å². The second-order valence-corrected chi connectivity index (χ2v) is 6.91. The van der Waals surface area contributed by atoms with E-state index in [4.69, 9.17) is 0 Å². The lowest BCUT2D eigenvalue weighted by atomic mass is 10.2. The van der Waals surface area contributed by atoms with Crippen molar-refractivity contribution in [2.75, 3.05) is 0 Å². The van der Waals surface area contributed by atoms with Gasteiger partial charge in [-0.3, -0.25) is 0 Å². The van der Waals surface area contributed by atoms with E-state index >= 15 is 0 Å². The van der Waals surface area contributed by atoms with Crippen LogP contribution < -0.4 is 10.6 Å². The highest BCUT2D eigenvalue weighted by molar-refractivity contribution is 7.61. The average Bonchev–Trinajstić information content (AvgIpc) is 3.07. The van der Waals surface area contributed by atoms with Gasteiger partial charge in [0.2, 0.25) is 5.30 Å². The molecule has 21 heavy (non-hydrogen) atoms. The van der Waals surface area contributed by atoms with Gasteiger partial charge in [-0.05, 0) is 35.7 Å². The summed E-state index contributed by atoms with van der Waals surface area (Å²) in [6.07, 6.45) is 0. The minimum atomic E-state index is -1.61. The first-order valence-electron chi connectivity index (χ1n) is 6.51. The Morgan fingerprint density at radius 2 is 1.57 bits per heavy atom. The molecule has 1 heterocycles. The fourth-order valence-corrected chi connectivity index (χ4v) is 3.80. The number of hydrogen-bond acceptors (Lipinski definition) is 2. The topological polar surface area (TPSA) is 17.1 Å². The van der Waals surface area contributed by atoms with E-state index in [-0.39, 0.29) is 0 Å². The van der Waals surface area contributed by atoms with Crippen LogP contribution in [0.2, 0.25) is 0 Å². The van der Waals surface area contributed by atoms with Crippen LogP contribution in [-0.4, -0.2) is 0 Å². The fraction of sp³-hybridized carbons (Fsp3) is 0. The van der Waals surface area contributed by atoms with Crippen LogP contribution in [0.4, 0.5) is 0 Å². The molecule has 100 valence electrons. The maximum absolute atomic E-state index is 12.7. The van der Waals surface area contributed by atoms with Crippen molar-refractivity contribution in [3.63, 3.8) is 0 Å². The molecule has 0 aliphatic heterocycles. The Bertz CT molecular complexity index is 811. The Labute approximate surface area is 129 Å². The normalized spacial score (nSPS) is 10.6. The molecule has 3 rings (SSSR count). The van der Waals surface area contributed by atoms with Gasteiger partial charge in [0.1, 0.15) is 0 Å². The van der Waals surface area contributed by atoms with E-state index in [1.165, 1.54) is 0 Å². The highest BCUT2D eigenvalue weighted by Crippen LogP contribution is 2.21. The third-order valence-corrected chi connectivity index (χ3v) is 5.34. The molecule has 0 bridgehead atoms. The first kappa shape index (κ1) is 13.8. The summed E-state index contributed by atoms with van der Waals surface area (Å²) in [4.78, 5) is 1.01. The van der Waals surface area contributed by atoms with E-state index in [1.807, 2.05) is 72.1 Å². The molecule has 3 heteroatoms. The monoisotopic (exact) mass is 307 g/mol. The SMILES string of the molecule is O=[P+](c1ccccc1)c1ccccc1C#Cc1cccs1. The molecule has 0 spiro atoms. The summed E-state index contributed by atoms with van der Waals surface area (Å²) in [6, 6.07) is 21.1. The van der Waals surface area contributed by atoms with E-state index in [9.17, 15) is 4.57 Å². The zero-order valence-corrected chi connectivity index (χ0v) is 12.9. The highest BCUT2D eigenvalue weighted by Gasteiger charge is 2.25. The van der Waals surface area contributed by atoms with E-state index in [0.717, 1.165) is 21.0 Å². The molecule has 1 unspecified atom stereocenters. The van der Waals surface area contributed by atoms with Crippen molar-refractivity contribution in [1.82, 2.24) is 0 Å². The quantitative estimate of drug-likeness (QED) is 0.518. The van der Waals surface area contributed by atoms with Gasteiger partial charge in [-0.25, -0.2) is 0 Å². The van der Waals surface area contributed by atoms with Crippen molar-refractivity contribution >= 4 is 29.7 Å². The van der Waals surface area contributed by atoms with Crippen molar-refractivity contribution in [1.29, 1.82) is 0 Å². The van der Waals surface area contributed by atoms with Gasteiger partial charge in [-0.1, -0.05) is 52.8 Å². The molecule has 1 aromatic heterocycles. The molecule has 0 aliphatic rings. The molecule has 0 fully saturated rings. The maximum Gasteiger partial charge on any atom is 0.416 e. The summed E-state index contributed by atoms with van der Waals surface area (Å²) in [7, 11) is -1.61. The zero-order valence-electron chi connectivity index (χ0n) is 11.2. The van der Waals surface area contributed by atoms with Gasteiger partial charge >= 0.3 is 7.80 Å². The third kappa shape index (κ3) is 3.28. The summed E-state index contributed by atoms with van der Waals surface area (Å²) < 4.78 is 12.7. The molecule has 1 atom stereocenters. The van der Waals surface area contributed by atoms with E-state index in [0.29, 0.717) is 0 Å². The van der Waals surface area contributed by atoms with E-state index in [2.05, 4.69) is 11.8 Å². The zero-order chi connectivity index (χ0) is 14.5. The van der Waals surface area contributed by atoms with Crippen molar-refractivity contribution in [2.45, 2.75) is 0 Å². The van der Waals surface area contributed by atoms with Crippen LogP contribution in [0.25, 0.3) is 0 Å². The molecular formula is C18H12OPS+. The van der Waals surface area contributed by atoms with Gasteiger partial charge in [-0.2, -0.15) is 0 Å². The molecule has 1 nitrogen and oxygen atoms in total. The predicted octanol–water partition coefficient (Wildman–Crippen LogP) is 3.93. The number of thiophene rings is 1. The molecule has 0 amide bonds. The molecule has 0 saturated heterocycles. The van der Waals surface area contributed by atoms with Crippen LogP contribution >= 0.6 is 19.1 Å². The predicted molar refractivity (Wildman–Crippen MR) is 90.1 cm³/mol. The van der Waals surface area contributed by atoms with E-state index in [1.54, 1.807) is 11.3 Å². The Morgan fingerprint density at radius 3 is 2.33 bits per heavy atom. The third-order valence-electron chi connectivity index (χ3n) is 2.96. The largest absolute Gasteiger partial charge is 0.416 e. The molecule has 0 aliphatic carbocycles. The maximum atomic E-state index is 12.7. The smallest absolute Gasteiger partial charge is 0.135 e. The fourth-order valence-electron chi connectivity index (χ4n) is 1.94.